The van der Waals surface area contributed by atoms with Crippen molar-refractivity contribution in [2.24, 2.45) is 0 Å². The average Bonchev–Trinajstić information content (AvgIpc) is 2.34. The molecule has 1 fully saturated rings. The lowest BCUT2D eigenvalue weighted by atomic mass is 9.90. The molecule has 1 aromatic heterocycles. The van der Waals surface area contributed by atoms with E-state index in [-0.39, 0.29) is 17.0 Å². The van der Waals surface area contributed by atoms with Gasteiger partial charge in [0.2, 0.25) is 16.0 Å². The smallest absolute Gasteiger partial charge is 0.243 e. The number of ether oxygens (including phenoxy) is 1. The maximum absolute atomic E-state index is 12.0. The average molecular weight is 286 g/mol. The first kappa shape index (κ1) is 14.2. The van der Waals surface area contributed by atoms with Crippen molar-refractivity contribution in [1.29, 1.82) is 0 Å². The van der Waals surface area contributed by atoms with Gasteiger partial charge in [0.25, 0.3) is 0 Å². The minimum absolute atomic E-state index is 0.0663. The van der Waals surface area contributed by atoms with E-state index >= 15 is 0 Å². The lowest BCUT2D eigenvalue weighted by Gasteiger charge is -2.34. The van der Waals surface area contributed by atoms with Crippen LogP contribution in [0.3, 0.4) is 0 Å². The van der Waals surface area contributed by atoms with Crippen LogP contribution in [-0.2, 0) is 14.8 Å². The molecule has 1 saturated carbocycles. The second kappa shape index (κ2) is 5.81. The first-order chi connectivity index (χ1) is 9.05. The Morgan fingerprint density at radius 3 is 2.53 bits per heavy atom. The molecule has 0 spiro atoms. The maximum Gasteiger partial charge on any atom is 0.243 e. The molecule has 0 aliphatic heterocycles. The largest absolute Gasteiger partial charge is 0.381 e. The summed E-state index contributed by atoms with van der Waals surface area (Å²) in [6.45, 7) is 2.60. The van der Waals surface area contributed by atoms with Gasteiger partial charge in [-0.3, -0.25) is 0 Å². The van der Waals surface area contributed by atoms with E-state index in [0.717, 1.165) is 0 Å². The normalized spacial score (nSPS) is 22.8. The number of sulfonamides is 1. The Morgan fingerprint density at radius 2 is 2.00 bits per heavy atom. The second-order valence-corrected chi connectivity index (χ2v) is 6.13. The molecule has 0 unspecified atom stereocenters. The fourth-order valence-electron chi connectivity index (χ4n) is 1.85. The predicted octanol–water partition coefficient (Wildman–Crippen LogP) is 0.364. The molecule has 0 radical (unpaired) electrons. The van der Waals surface area contributed by atoms with E-state index in [1.54, 1.807) is 7.11 Å². The van der Waals surface area contributed by atoms with Crippen molar-refractivity contribution in [3.05, 3.63) is 12.4 Å². The molecule has 0 atom stereocenters. The van der Waals surface area contributed by atoms with Gasteiger partial charge in [0.15, 0.2) is 0 Å². The first-order valence-corrected chi connectivity index (χ1v) is 7.64. The number of nitrogens with zero attached hydrogens (tertiary/aromatic N) is 2. The molecule has 2 rings (SSSR count). The molecule has 8 heteroatoms. The van der Waals surface area contributed by atoms with Crippen LogP contribution in [0.2, 0.25) is 0 Å². The highest BCUT2D eigenvalue weighted by atomic mass is 32.2. The Kier molecular flexibility index (Phi) is 4.33. The molecule has 1 aromatic rings. The van der Waals surface area contributed by atoms with Gasteiger partial charge in [0, 0.05) is 19.7 Å². The Hall–Kier alpha value is -1.25. The highest BCUT2D eigenvalue weighted by molar-refractivity contribution is 7.89. The molecule has 106 valence electrons. The van der Waals surface area contributed by atoms with Crippen LogP contribution in [0, 0.1) is 0 Å². The Labute approximate surface area is 112 Å². The Bertz CT molecular complexity index is 511. The van der Waals surface area contributed by atoms with Crippen molar-refractivity contribution < 1.29 is 13.2 Å². The summed E-state index contributed by atoms with van der Waals surface area (Å²) in [5, 5.41) is 2.91. The van der Waals surface area contributed by atoms with Crippen LogP contribution < -0.4 is 10.0 Å². The number of anilines is 1. The highest BCUT2D eigenvalue weighted by Gasteiger charge is 2.32. The standard InChI is InChI=1S/C11H18N4O3S/c1-3-12-11-13-6-10(7-14-11)19(16,17)15-8-4-9(5-8)18-2/h6-9,15H,3-5H2,1-2H3,(H,12,13,14). The van der Waals surface area contributed by atoms with E-state index in [9.17, 15) is 8.42 Å². The van der Waals surface area contributed by atoms with Crippen molar-refractivity contribution in [3.63, 3.8) is 0 Å². The van der Waals surface area contributed by atoms with E-state index < -0.39 is 10.0 Å². The molecule has 2 N–H and O–H groups in total. The van der Waals surface area contributed by atoms with Crippen molar-refractivity contribution in [2.45, 2.75) is 36.8 Å². The molecule has 19 heavy (non-hydrogen) atoms. The van der Waals surface area contributed by atoms with Gasteiger partial charge in [-0.15, -0.1) is 0 Å². The second-order valence-electron chi connectivity index (χ2n) is 4.42. The number of hydrogen-bond acceptors (Lipinski definition) is 6. The fraction of sp³-hybridized carbons (Fsp3) is 0.636. The van der Waals surface area contributed by atoms with E-state index in [1.165, 1.54) is 12.4 Å². The number of aromatic nitrogens is 2. The van der Waals surface area contributed by atoms with Gasteiger partial charge < -0.3 is 10.1 Å². The summed E-state index contributed by atoms with van der Waals surface area (Å²) in [7, 11) is -1.91. The quantitative estimate of drug-likeness (QED) is 0.784. The van der Waals surface area contributed by atoms with Crippen molar-refractivity contribution >= 4 is 16.0 Å². The third-order valence-corrected chi connectivity index (χ3v) is 4.50. The van der Waals surface area contributed by atoms with E-state index in [4.69, 9.17) is 4.74 Å². The zero-order valence-corrected chi connectivity index (χ0v) is 11.8. The van der Waals surface area contributed by atoms with Gasteiger partial charge in [-0.1, -0.05) is 0 Å². The first-order valence-electron chi connectivity index (χ1n) is 6.16. The molecule has 1 heterocycles. The number of nitrogens with one attached hydrogen (secondary N) is 2. The molecular formula is C11H18N4O3S. The molecular weight excluding hydrogens is 268 g/mol. The molecule has 0 aromatic carbocycles. The summed E-state index contributed by atoms with van der Waals surface area (Å²) in [5.41, 5.74) is 0. The zero-order chi connectivity index (χ0) is 13.9. The van der Waals surface area contributed by atoms with Crippen LogP contribution >= 0.6 is 0 Å². The van der Waals surface area contributed by atoms with Gasteiger partial charge in [0.1, 0.15) is 4.90 Å². The Balaban J connectivity index is 1.99. The van der Waals surface area contributed by atoms with Crippen LogP contribution in [0.4, 0.5) is 5.95 Å². The third-order valence-electron chi connectivity index (χ3n) is 3.02. The predicted molar refractivity (Wildman–Crippen MR) is 70.3 cm³/mol. The van der Waals surface area contributed by atoms with Crippen LogP contribution in [0.15, 0.2) is 17.3 Å². The SMILES string of the molecule is CCNc1ncc(S(=O)(=O)NC2CC(OC)C2)cn1. The van der Waals surface area contributed by atoms with Crippen LogP contribution in [-0.4, -0.2) is 44.2 Å². The molecule has 7 nitrogen and oxygen atoms in total. The van der Waals surface area contributed by atoms with Crippen molar-refractivity contribution in [2.75, 3.05) is 19.0 Å². The molecule has 0 amide bonds. The van der Waals surface area contributed by atoms with Crippen molar-refractivity contribution in [3.8, 4) is 0 Å². The van der Waals surface area contributed by atoms with Gasteiger partial charge in [-0.05, 0) is 19.8 Å². The van der Waals surface area contributed by atoms with E-state index in [2.05, 4.69) is 20.0 Å². The number of hydrogen-bond donors (Lipinski definition) is 2. The zero-order valence-electron chi connectivity index (χ0n) is 11.0. The summed E-state index contributed by atoms with van der Waals surface area (Å²) in [5.74, 6) is 0.421. The topological polar surface area (TPSA) is 93.2 Å². The lowest BCUT2D eigenvalue weighted by molar-refractivity contribution is 0.0236. The summed E-state index contributed by atoms with van der Waals surface area (Å²) >= 11 is 0. The third kappa shape index (κ3) is 3.40. The van der Waals surface area contributed by atoms with Crippen LogP contribution in [0.5, 0.6) is 0 Å². The van der Waals surface area contributed by atoms with Gasteiger partial charge in [0.05, 0.1) is 18.5 Å². The number of methoxy groups -OCH3 is 1. The highest BCUT2D eigenvalue weighted by Crippen LogP contribution is 2.24. The molecule has 1 aliphatic carbocycles. The summed E-state index contributed by atoms with van der Waals surface area (Å²) in [4.78, 5) is 7.98. The van der Waals surface area contributed by atoms with Gasteiger partial charge in [-0.2, -0.15) is 0 Å². The van der Waals surface area contributed by atoms with E-state index in [0.29, 0.717) is 25.3 Å². The summed E-state index contributed by atoms with van der Waals surface area (Å²) in [6.07, 6.45) is 4.16. The molecule has 0 bridgehead atoms. The van der Waals surface area contributed by atoms with Crippen molar-refractivity contribution in [1.82, 2.24) is 14.7 Å². The van der Waals surface area contributed by atoms with Crippen LogP contribution in [0.25, 0.3) is 0 Å². The lowest BCUT2D eigenvalue weighted by Crippen LogP contribution is -2.47. The minimum Gasteiger partial charge on any atom is -0.381 e. The molecule has 1 aliphatic rings. The van der Waals surface area contributed by atoms with E-state index in [1.807, 2.05) is 6.92 Å². The van der Waals surface area contributed by atoms with Crippen LogP contribution in [0.1, 0.15) is 19.8 Å². The maximum atomic E-state index is 12.0. The Morgan fingerprint density at radius 1 is 1.37 bits per heavy atom. The number of rotatable bonds is 6. The monoisotopic (exact) mass is 286 g/mol. The fourth-order valence-corrected chi connectivity index (χ4v) is 3.00. The van der Waals surface area contributed by atoms with Gasteiger partial charge >= 0.3 is 0 Å². The summed E-state index contributed by atoms with van der Waals surface area (Å²) < 4.78 is 31.8. The van der Waals surface area contributed by atoms with Gasteiger partial charge in [-0.25, -0.2) is 23.1 Å². The molecule has 0 saturated heterocycles. The minimum atomic E-state index is -3.54. The summed E-state index contributed by atoms with van der Waals surface area (Å²) in [6, 6.07) is -0.0663.